The maximum Gasteiger partial charge on any atom is 0.220 e. The van der Waals surface area contributed by atoms with Crippen LogP contribution in [0.2, 0.25) is 0 Å². The Morgan fingerprint density at radius 3 is 2.65 bits per heavy atom. The average molecular weight is 236 g/mol. The van der Waals surface area contributed by atoms with Crippen LogP contribution in [0.4, 0.5) is 5.82 Å². The predicted octanol–water partition coefficient (Wildman–Crippen LogP) is 1.44. The lowest BCUT2D eigenvalue weighted by molar-refractivity contribution is -0.122. The van der Waals surface area contributed by atoms with Crippen molar-refractivity contribution in [3.63, 3.8) is 0 Å². The van der Waals surface area contributed by atoms with E-state index in [9.17, 15) is 4.79 Å². The lowest BCUT2D eigenvalue weighted by atomic mass is 9.92. The van der Waals surface area contributed by atoms with Gasteiger partial charge in [-0.2, -0.15) is 0 Å². The molecular weight excluding hydrogens is 216 g/mol. The van der Waals surface area contributed by atoms with Crippen LogP contribution in [0.1, 0.15) is 27.2 Å². The number of hydrogen-bond donors (Lipinski definition) is 2. The van der Waals surface area contributed by atoms with Crippen LogP contribution in [0.15, 0.2) is 18.6 Å². The number of hydrogen-bond acceptors (Lipinski definition) is 4. The Morgan fingerprint density at radius 2 is 2.06 bits per heavy atom. The van der Waals surface area contributed by atoms with E-state index in [1.165, 1.54) is 0 Å². The zero-order valence-electron chi connectivity index (χ0n) is 10.7. The number of carbonyl (C=O) groups excluding carboxylic acids is 1. The van der Waals surface area contributed by atoms with Gasteiger partial charge in [-0.3, -0.25) is 9.78 Å². The molecule has 17 heavy (non-hydrogen) atoms. The van der Waals surface area contributed by atoms with Gasteiger partial charge in [0, 0.05) is 31.9 Å². The highest BCUT2D eigenvalue weighted by molar-refractivity contribution is 5.76. The predicted molar refractivity (Wildman–Crippen MR) is 67.6 cm³/mol. The Labute approximate surface area is 102 Å². The van der Waals surface area contributed by atoms with E-state index in [2.05, 4.69) is 20.6 Å². The standard InChI is InChI=1S/C12H20N4O/c1-12(2,3)8-11(17)16-7-6-15-10-9-13-4-5-14-10/h4-5,9H,6-8H2,1-3H3,(H,14,15)(H,16,17). The van der Waals surface area contributed by atoms with Crippen LogP contribution in [0.3, 0.4) is 0 Å². The smallest absolute Gasteiger partial charge is 0.220 e. The van der Waals surface area contributed by atoms with Crippen molar-refractivity contribution >= 4 is 11.7 Å². The third-order valence-electron chi connectivity index (χ3n) is 2.01. The molecule has 5 nitrogen and oxygen atoms in total. The summed E-state index contributed by atoms with van der Waals surface area (Å²) < 4.78 is 0. The second-order valence-electron chi connectivity index (χ2n) is 5.10. The number of aromatic nitrogens is 2. The first-order valence-electron chi connectivity index (χ1n) is 5.74. The van der Waals surface area contributed by atoms with Gasteiger partial charge in [0.05, 0.1) is 6.20 Å². The van der Waals surface area contributed by atoms with Crippen LogP contribution in [0.5, 0.6) is 0 Å². The summed E-state index contributed by atoms with van der Waals surface area (Å²) in [4.78, 5) is 19.5. The zero-order valence-corrected chi connectivity index (χ0v) is 10.7. The molecule has 0 bridgehead atoms. The summed E-state index contributed by atoms with van der Waals surface area (Å²) in [5.41, 5.74) is 0.0302. The molecule has 0 aliphatic rings. The third kappa shape index (κ3) is 6.50. The Morgan fingerprint density at radius 1 is 1.29 bits per heavy atom. The Hall–Kier alpha value is -1.65. The van der Waals surface area contributed by atoms with E-state index in [1.54, 1.807) is 18.6 Å². The Balaban J connectivity index is 2.14. The number of rotatable bonds is 5. The molecule has 0 spiro atoms. The van der Waals surface area contributed by atoms with Gasteiger partial charge < -0.3 is 10.6 Å². The fourth-order valence-corrected chi connectivity index (χ4v) is 1.33. The molecule has 0 fully saturated rings. The average Bonchev–Trinajstić information content (AvgIpc) is 2.23. The molecule has 0 aliphatic heterocycles. The maximum atomic E-state index is 11.5. The van der Waals surface area contributed by atoms with Gasteiger partial charge in [-0.15, -0.1) is 0 Å². The van der Waals surface area contributed by atoms with Gasteiger partial charge >= 0.3 is 0 Å². The summed E-state index contributed by atoms with van der Waals surface area (Å²) in [5, 5.41) is 5.93. The van der Waals surface area contributed by atoms with E-state index < -0.39 is 0 Å². The van der Waals surface area contributed by atoms with Crippen LogP contribution in [0.25, 0.3) is 0 Å². The maximum absolute atomic E-state index is 11.5. The van der Waals surface area contributed by atoms with Crippen LogP contribution < -0.4 is 10.6 Å². The molecule has 1 aromatic rings. The zero-order chi connectivity index (χ0) is 12.7. The van der Waals surface area contributed by atoms with Gasteiger partial charge in [0.1, 0.15) is 5.82 Å². The van der Waals surface area contributed by atoms with Crippen LogP contribution in [-0.2, 0) is 4.79 Å². The quantitative estimate of drug-likeness (QED) is 0.759. The fourth-order valence-electron chi connectivity index (χ4n) is 1.33. The monoisotopic (exact) mass is 236 g/mol. The van der Waals surface area contributed by atoms with Crippen molar-refractivity contribution in [1.29, 1.82) is 0 Å². The highest BCUT2D eigenvalue weighted by atomic mass is 16.1. The minimum atomic E-state index is 0.0302. The van der Waals surface area contributed by atoms with Crippen molar-refractivity contribution in [3.8, 4) is 0 Å². The van der Waals surface area contributed by atoms with E-state index >= 15 is 0 Å². The summed E-state index contributed by atoms with van der Waals surface area (Å²) in [6, 6.07) is 0. The van der Waals surface area contributed by atoms with Crippen molar-refractivity contribution in [1.82, 2.24) is 15.3 Å². The van der Waals surface area contributed by atoms with Crippen molar-refractivity contribution in [2.45, 2.75) is 27.2 Å². The van der Waals surface area contributed by atoms with E-state index in [1.807, 2.05) is 20.8 Å². The molecule has 1 aromatic heterocycles. The number of anilines is 1. The summed E-state index contributed by atoms with van der Waals surface area (Å²) in [7, 11) is 0. The molecular formula is C12H20N4O. The first-order valence-corrected chi connectivity index (χ1v) is 5.74. The number of nitrogens with zero attached hydrogens (tertiary/aromatic N) is 2. The van der Waals surface area contributed by atoms with E-state index in [0.717, 1.165) is 5.82 Å². The highest BCUT2D eigenvalue weighted by Crippen LogP contribution is 2.17. The van der Waals surface area contributed by atoms with Gasteiger partial charge in [0.2, 0.25) is 5.91 Å². The molecule has 2 N–H and O–H groups in total. The normalized spacial score (nSPS) is 11.0. The van der Waals surface area contributed by atoms with Crippen molar-refractivity contribution in [3.05, 3.63) is 18.6 Å². The molecule has 0 unspecified atom stereocenters. The van der Waals surface area contributed by atoms with Gasteiger partial charge in [0.25, 0.3) is 0 Å². The summed E-state index contributed by atoms with van der Waals surface area (Å²) in [5.74, 6) is 0.802. The molecule has 0 aliphatic carbocycles. The minimum absolute atomic E-state index is 0.0302. The van der Waals surface area contributed by atoms with Crippen molar-refractivity contribution < 1.29 is 4.79 Å². The lowest BCUT2D eigenvalue weighted by Crippen LogP contribution is -2.31. The van der Waals surface area contributed by atoms with Gasteiger partial charge in [0.15, 0.2) is 0 Å². The molecule has 0 atom stereocenters. The largest absolute Gasteiger partial charge is 0.367 e. The van der Waals surface area contributed by atoms with E-state index in [4.69, 9.17) is 0 Å². The number of amides is 1. The van der Waals surface area contributed by atoms with E-state index in [-0.39, 0.29) is 11.3 Å². The summed E-state index contributed by atoms with van der Waals surface area (Å²) in [6.07, 6.45) is 5.44. The molecule has 5 heteroatoms. The first kappa shape index (κ1) is 13.4. The third-order valence-corrected chi connectivity index (χ3v) is 2.01. The number of carbonyl (C=O) groups is 1. The van der Waals surface area contributed by atoms with Gasteiger partial charge in [-0.05, 0) is 5.41 Å². The first-order chi connectivity index (χ1) is 7.97. The highest BCUT2D eigenvalue weighted by Gasteiger charge is 2.14. The molecule has 1 amide bonds. The van der Waals surface area contributed by atoms with Gasteiger partial charge in [-0.25, -0.2) is 4.98 Å². The number of nitrogens with one attached hydrogen (secondary N) is 2. The second kappa shape index (κ2) is 6.18. The summed E-state index contributed by atoms with van der Waals surface area (Å²) in [6.45, 7) is 7.37. The van der Waals surface area contributed by atoms with Crippen molar-refractivity contribution in [2.75, 3.05) is 18.4 Å². The Kier molecular flexibility index (Phi) is 4.87. The molecule has 94 valence electrons. The topological polar surface area (TPSA) is 66.9 Å². The van der Waals surface area contributed by atoms with Gasteiger partial charge in [-0.1, -0.05) is 20.8 Å². The van der Waals surface area contributed by atoms with Crippen LogP contribution in [0, 0.1) is 5.41 Å². The summed E-state index contributed by atoms with van der Waals surface area (Å²) >= 11 is 0. The SMILES string of the molecule is CC(C)(C)CC(=O)NCCNc1cnccn1. The second-order valence-corrected chi connectivity index (χ2v) is 5.10. The molecule has 0 saturated carbocycles. The van der Waals surface area contributed by atoms with Crippen LogP contribution >= 0.6 is 0 Å². The molecule has 1 rings (SSSR count). The van der Waals surface area contributed by atoms with E-state index in [0.29, 0.717) is 19.5 Å². The minimum Gasteiger partial charge on any atom is -0.367 e. The molecule has 0 radical (unpaired) electrons. The molecule has 0 saturated heterocycles. The Bertz CT molecular complexity index is 345. The molecule has 1 heterocycles. The lowest BCUT2D eigenvalue weighted by Gasteiger charge is -2.17. The molecule has 0 aromatic carbocycles. The van der Waals surface area contributed by atoms with Crippen molar-refractivity contribution in [2.24, 2.45) is 5.41 Å². The fraction of sp³-hybridized carbons (Fsp3) is 0.583. The van der Waals surface area contributed by atoms with Crippen LogP contribution in [-0.4, -0.2) is 29.0 Å².